The fraction of sp³-hybridized carbons (Fsp3) is 0.333. The molecule has 0 fully saturated rings. The van der Waals surface area contributed by atoms with Crippen molar-refractivity contribution in [3.05, 3.63) is 77.5 Å². The van der Waals surface area contributed by atoms with Gasteiger partial charge in [-0.25, -0.2) is 9.37 Å². The number of hydrogen-bond acceptors (Lipinski definition) is 2. The number of nitrogens with zero attached hydrogens (tertiary/aromatic N) is 2. The molecule has 1 aromatic heterocycles. The van der Waals surface area contributed by atoms with Crippen LogP contribution in [0.1, 0.15) is 50.1 Å². The molecule has 1 heterocycles. The van der Waals surface area contributed by atoms with Crippen molar-refractivity contribution in [1.29, 1.82) is 0 Å². The van der Waals surface area contributed by atoms with Crippen molar-refractivity contribution >= 4 is 5.78 Å². The molecule has 0 unspecified atom stereocenters. The smallest absolute Gasteiger partial charge is 0.137 e. The lowest BCUT2D eigenvalue weighted by molar-refractivity contribution is -0.118. The van der Waals surface area contributed by atoms with E-state index in [0.717, 1.165) is 29.2 Å². The van der Waals surface area contributed by atoms with Gasteiger partial charge in [0.25, 0.3) is 0 Å². The molecular formula is C24H27FN2O. The summed E-state index contributed by atoms with van der Waals surface area (Å²) in [4.78, 5) is 17.0. The van der Waals surface area contributed by atoms with Gasteiger partial charge in [0, 0.05) is 25.8 Å². The van der Waals surface area contributed by atoms with Crippen molar-refractivity contribution in [3.63, 3.8) is 0 Å². The molecule has 0 atom stereocenters. The van der Waals surface area contributed by atoms with Gasteiger partial charge in [0.05, 0.1) is 11.9 Å². The van der Waals surface area contributed by atoms with Crippen molar-refractivity contribution in [2.75, 3.05) is 0 Å². The van der Waals surface area contributed by atoms with Gasteiger partial charge in [0.1, 0.15) is 17.4 Å². The van der Waals surface area contributed by atoms with E-state index in [4.69, 9.17) is 0 Å². The number of imidazole rings is 1. The lowest BCUT2D eigenvalue weighted by atomic mass is 9.99. The Balaban J connectivity index is 1.64. The average molecular weight is 378 g/mol. The molecule has 3 rings (SSSR count). The van der Waals surface area contributed by atoms with E-state index in [1.807, 2.05) is 12.1 Å². The highest BCUT2D eigenvalue weighted by atomic mass is 19.1. The summed E-state index contributed by atoms with van der Waals surface area (Å²) < 4.78 is 15.3. The summed E-state index contributed by atoms with van der Waals surface area (Å²) in [7, 11) is 0. The zero-order valence-corrected chi connectivity index (χ0v) is 16.8. The van der Waals surface area contributed by atoms with Crippen LogP contribution in [0.3, 0.4) is 0 Å². The second-order valence-electron chi connectivity index (χ2n) is 7.42. The SMILES string of the molecule is CCn1c(-c2ccc(F)cc2)cnc1CCC(=O)Cc1ccc(C(C)C)cc1. The van der Waals surface area contributed by atoms with Crippen LogP contribution in [0.2, 0.25) is 0 Å². The van der Waals surface area contributed by atoms with Gasteiger partial charge in [0.2, 0.25) is 0 Å². The van der Waals surface area contributed by atoms with Crippen molar-refractivity contribution < 1.29 is 9.18 Å². The summed E-state index contributed by atoms with van der Waals surface area (Å²) in [5, 5.41) is 0. The number of ketones is 1. The van der Waals surface area contributed by atoms with E-state index in [-0.39, 0.29) is 11.6 Å². The van der Waals surface area contributed by atoms with E-state index >= 15 is 0 Å². The molecule has 0 aliphatic heterocycles. The normalized spacial score (nSPS) is 11.2. The van der Waals surface area contributed by atoms with Crippen LogP contribution >= 0.6 is 0 Å². The molecule has 0 amide bonds. The monoisotopic (exact) mass is 378 g/mol. The van der Waals surface area contributed by atoms with Crippen LogP contribution in [0, 0.1) is 5.82 Å². The van der Waals surface area contributed by atoms with Gasteiger partial charge in [-0.1, -0.05) is 38.1 Å². The summed E-state index contributed by atoms with van der Waals surface area (Å²) >= 11 is 0. The van der Waals surface area contributed by atoms with E-state index in [1.54, 1.807) is 18.3 Å². The van der Waals surface area contributed by atoms with E-state index in [9.17, 15) is 9.18 Å². The maximum atomic E-state index is 13.2. The maximum absolute atomic E-state index is 13.2. The summed E-state index contributed by atoms with van der Waals surface area (Å²) in [5.41, 5.74) is 4.22. The zero-order chi connectivity index (χ0) is 20.1. The van der Waals surface area contributed by atoms with E-state index in [1.165, 1.54) is 17.7 Å². The fourth-order valence-corrected chi connectivity index (χ4v) is 3.41. The van der Waals surface area contributed by atoms with Crippen molar-refractivity contribution in [2.24, 2.45) is 0 Å². The van der Waals surface area contributed by atoms with Gasteiger partial charge < -0.3 is 4.57 Å². The van der Waals surface area contributed by atoms with Crippen molar-refractivity contribution in [1.82, 2.24) is 9.55 Å². The minimum atomic E-state index is -0.251. The average Bonchev–Trinajstić information content (AvgIpc) is 3.10. The number of halogens is 1. The Morgan fingerprint density at radius 2 is 1.75 bits per heavy atom. The number of hydrogen-bond donors (Lipinski definition) is 0. The number of aromatic nitrogens is 2. The largest absolute Gasteiger partial charge is 0.328 e. The van der Waals surface area contributed by atoms with E-state index in [2.05, 4.69) is 42.5 Å². The van der Waals surface area contributed by atoms with Gasteiger partial charge in [0.15, 0.2) is 0 Å². The van der Waals surface area contributed by atoms with Crippen LogP contribution in [0.15, 0.2) is 54.7 Å². The lowest BCUT2D eigenvalue weighted by Crippen LogP contribution is -2.09. The van der Waals surface area contributed by atoms with Crippen LogP contribution in [0.5, 0.6) is 0 Å². The van der Waals surface area contributed by atoms with Crippen LogP contribution < -0.4 is 0 Å². The van der Waals surface area contributed by atoms with Crippen molar-refractivity contribution in [3.8, 4) is 11.3 Å². The highest BCUT2D eigenvalue weighted by Crippen LogP contribution is 2.22. The second-order valence-corrected chi connectivity index (χ2v) is 7.42. The molecule has 28 heavy (non-hydrogen) atoms. The van der Waals surface area contributed by atoms with Crippen LogP contribution in [0.4, 0.5) is 4.39 Å². The Labute approximate surface area is 166 Å². The summed E-state index contributed by atoms with van der Waals surface area (Å²) in [6.45, 7) is 7.13. The molecule has 0 saturated heterocycles. The zero-order valence-electron chi connectivity index (χ0n) is 16.8. The molecule has 0 aliphatic carbocycles. The predicted octanol–water partition coefficient (Wildman–Crippen LogP) is 5.58. The Morgan fingerprint density at radius 3 is 2.36 bits per heavy atom. The molecule has 0 bridgehead atoms. The molecule has 0 saturated carbocycles. The van der Waals surface area contributed by atoms with Crippen LogP contribution in [-0.4, -0.2) is 15.3 Å². The first kappa shape index (κ1) is 20.0. The molecule has 3 aromatic rings. The van der Waals surface area contributed by atoms with Gasteiger partial charge in [-0.15, -0.1) is 0 Å². The Morgan fingerprint density at radius 1 is 1.07 bits per heavy atom. The van der Waals surface area contributed by atoms with E-state index in [0.29, 0.717) is 25.2 Å². The molecule has 2 aromatic carbocycles. The van der Waals surface area contributed by atoms with Crippen LogP contribution in [0.25, 0.3) is 11.3 Å². The quantitative estimate of drug-likeness (QED) is 0.513. The van der Waals surface area contributed by atoms with Gasteiger partial charge in [-0.05, 0) is 53.8 Å². The number of carbonyl (C=O) groups is 1. The molecule has 0 N–H and O–H groups in total. The highest BCUT2D eigenvalue weighted by molar-refractivity contribution is 5.81. The third-order valence-electron chi connectivity index (χ3n) is 5.07. The molecule has 0 spiro atoms. The minimum Gasteiger partial charge on any atom is -0.328 e. The van der Waals surface area contributed by atoms with Crippen LogP contribution in [-0.2, 0) is 24.2 Å². The second kappa shape index (κ2) is 8.96. The molecule has 4 heteroatoms. The number of rotatable bonds is 8. The van der Waals surface area contributed by atoms with Crippen molar-refractivity contribution in [2.45, 2.75) is 52.5 Å². The molecule has 0 aliphatic rings. The number of Topliss-reactive ketones (excluding diaryl/α,β-unsaturated/α-hetero) is 1. The first-order valence-corrected chi connectivity index (χ1v) is 9.88. The predicted molar refractivity (Wildman–Crippen MR) is 111 cm³/mol. The topological polar surface area (TPSA) is 34.9 Å². The highest BCUT2D eigenvalue weighted by Gasteiger charge is 2.13. The maximum Gasteiger partial charge on any atom is 0.137 e. The summed E-state index contributed by atoms with van der Waals surface area (Å²) in [6, 6.07) is 14.7. The van der Waals surface area contributed by atoms with E-state index < -0.39 is 0 Å². The fourth-order valence-electron chi connectivity index (χ4n) is 3.41. The third kappa shape index (κ3) is 4.75. The Kier molecular flexibility index (Phi) is 6.40. The number of carbonyl (C=O) groups excluding carboxylic acids is 1. The van der Waals surface area contributed by atoms with Gasteiger partial charge in [-0.3, -0.25) is 4.79 Å². The Hall–Kier alpha value is -2.75. The standard InChI is InChI=1S/C24H27FN2O/c1-4-27-23(20-9-11-21(25)12-10-20)16-26-24(27)14-13-22(28)15-18-5-7-19(8-6-18)17(2)3/h5-12,16-17H,4,13-15H2,1-3H3. The van der Waals surface area contributed by atoms with Gasteiger partial charge in [-0.2, -0.15) is 0 Å². The number of benzene rings is 2. The molecular weight excluding hydrogens is 351 g/mol. The first-order valence-electron chi connectivity index (χ1n) is 9.88. The molecule has 146 valence electrons. The minimum absolute atomic E-state index is 0.214. The first-order chi connectivity index (χ1) is 13.5. The summed E-state index contributed by atoms with van der Waals surface area (Å²) in [5.74, 6) is 1.35. The third-order valence-corrected chi connectivity index (χ3v) is 5.07. The van der Waals surface area contributed by atoms with Gasteiger partial charge >= 0.3 is 0 Å². The molecule has 0 radical (unpaired) electrons. The lowest BCUT2D eigenvalue weighted by Gasteiger charge is -2.10. The summed E-state index contributed by atoms with van der Waals surface area (Å²) in [6.07, 6.45) is 3.33. The number of aryl methyl sites for hydroxylation is 1. The Bertz CT molecular complexity index is 924. The molecule has 3 nitrogen and oxygen atoms in total.